The summed E-state index contributed by atoms with van der Waals surface area (Å²) in [5, 5.41) is 12.6. The number of hydrogen-bond donors (Lipinski definition) is 0. The van der Waals surface area contributed by atoms with Crippen molar-refractivity contribution in [2.24, 2.45) is 11.3 Å². The number of benzene rings is 2. The molecule has 0 unspecified atom stereocenters. The lowest BCUT2D eigenvalue weighted by Gasteiger charge is -2.53. The Hall–Kier alpha value is -2.33. The molecule has 0 spiro atoms. The van der Waals surface area contributed by atoms with Crippen LogP contribution in [0.15, 0.2) is 42.5 Å². The number of amides is 1. The van der Waals surface area contributed by atoms with E-state index in [-0.39, 0.29) is 22.9 Å². The number of carboxylic acid groups (broad SMARTS) is 1. The van der Waals surface area contributed by atoms with E-state index < -0.39 is 6.09 Å². The Morgan fingerprint density at radius 3 is 2.21 bits per heavy atom. The van der Waals surface area contributed by atoms with E-state index in [0.29, 0.717) is 5.92 Å². The second-order valence-corrected chi connectivity index (χ2v) is 12.2. The lowest BCUT2D eigenvalue weighted by Crippen LogP contribution is -2.62. The van der Waals surface area contributed by atoms with Gasteiger partial charge >= 0.3 is 0 Å². The maximum absolute atomic E-state index is 12.6. The van der Waals surface area contributed by atoms with Crippen LogP contribution in [-0.4, -0.2) is 41.6 Å². The third kappa shape index (κ3) is 3.97. The number of fused-ring (bicyclic) bond motifs is 4. The van der Waals surface area contributed by atoms with Gasteiger partial charge in [-0.2, -0.15) is 0 Å². The van der Waals surface area contributed by atoms with E-state index in [1.807, 2.05) is 0 Å². The predicted octanol–water partition coefficient (Wildman–Crippen LogP) is 5.01. The Morgan fingerprint density at radius 1 is 1.03 bits per heavy atom. The van der Waals surface area contributed by atoms with Crippen molar-refractivity contribution >= 4 is 6.09 Å². The molecule has 2 aromatic carbocycles. The highest BCUT2D eigenvalue weighted by atomic mass is 16.4. The zero-order valence-electron chi connectivity index (χ0n) is 20.7. The smallest absolute Gasteiger partial charge is 0.137 e. The van der Waals surface area contributed by atoms with Crippen LogP contribution in [0, 0.1) is 11.3 Å². The van der Waals surface area contributed by atoms with Crippen LogP contribution in [0.2, 0.25) is 0 Å². The quantitative estimate of drug-likeness (QED) is 0.667. The molecule has 1 aliphatic carbocycles. The predicted molar refractivity (Wildman–Crippen MR) is 131 cm³/mol. The van der Waals surface area contributed by atoms with E-state index in [2.05, 4.69) is 82.0 Å². The van der Waals surface area contributed by atoms with Gasteiger partial charge in [0, 0.05) is 12.6 Å². The van der Waals surface area contributed by atoms with Gasteiger partial charge in [-0.25, -0.2) is 0 Å². The van der Waals surface area contributed by atoms with E-state index in [4.69, 9.17) is 0 Å². The zero-order chi connectivity index (χ0) is 23.5. The number of hydrogen-bond acceptors (Lipinski definition) is 3. The molecular weight excluding hydrogens is 408 g/mol. The number of piperidine rings is 3. The van der Waals surface area contributed by atoms with E-state index in [0.717, 1.165) is 44.5 Å². The average molecular weight is 446 g/mol. The van der Waals surface area contributed by atoms with Crippen molar-refractivity contribution in [2.45, 2.75) is 71.4 Å². The summed E-state index contributed by atoms with van der Waals surface area (Å²) >= 11 is 0. The van der Waals surface area contributed by atoms with Crippen molar-refractivity contribution in [3.63, 3.8) is 0 Å². The summed E-state index contributed by atoms with van der Waals surface area (Å²) in [6.45, 7) is 14.2. The monoisotopic (exact) mass is 445 g/mol. The van der Waals surface area contributed by atoms with Crippen LogP contribution in [0.1, 0.15) is 70.2 Å². The molecule has 2 atom stereocenters. The number of nitrogens with zero attached hydrogens (tertiary/aromatic N) is 2. The maximum atomic E-state index is 12.6. The third-order valence-electron chi connectivity index (χ3n) is 8.38. The van der Waals surface area contributed by atoms with Crippen molar-refractivity contribution in [1.29, 1.82) is 0 Å². The summed E-state index contributed by atoms with van der Waals surface area (Å²) < 4.78 is 0. The van der Waals surface area contributed by atoms with Crippen LogP contribution in [-0.2, 0) is 11.8 Å². The summed E-state index contributed by atoms with van der Waals surface area (Å²) in [7, 11) is 0. The topological polar surface area (TPSA) is 46.6 Å². The third-order valence-corrected chi connectivity index (χ3v) is 8.38. The van der Waals surface area contributed by atoms with E-state index in [1.165, 1.54) is 22.3 Å². The highest BCUT2D eigenvalue weighted by Gasteiger charge is 2.48. The van der Waals surface area contributed by atoms with Crippen molar-refractivity contribution in [3.05, 3.63) is 59.2 Å². The lowest BCUT2D eigenvalue weighted by molar-refractivity contribution is -0.276. The van der Waals surface area contributed by atoms with Crippen LogP contribution < -0.4 is 5.11 Å². The van der Waals surface area contributed by atoms with Gasteiger partial charge in [0.05, 0.1) is 6.04 Å². The minimum atomic E-state index is -1.01. The largest absolute Gasteiger partial charge is 0.530 e. The van der Waals surface area contributed by atoms with Crippen LogP contribution in [0.4, 0.5) is 4.79 Å². The molecule has 1 amide bonds. The van der Waals surface area contributed by atoms with Gasteiger partial charge in [-0.05, 0) is 76.9 Å². The van der Waals surface area contributed by atoms with Gasteiger partial charge in [0.1, 0.15) is 6.09 Å². The van der Waals surface area contributed by atoms with Crippen LogP contribution in [0.5, 0.6) is 0 Å². The highest BCUT2D eigenvalue weighted by Crippen LogP contribution is 2.51. The van der Waals surface area contributed by atoms with Crippen LogP contribution in [0.3, 0.4) is 0 Å². The fourth-order valence-electron chi connectivity index (χ4n) is 6.58. The second-order valence-electron chi connectivity index (χ2n) is 12.2. The van der Waals surface area contributed by atoms with Crippen molar-refractivity contribution in [3.8, 4) is 11.1 Å². The van der Waals surface area contributed by atoms with E-state index in [9.17, 15) is 9.90 Å². The molecular formula is C29H37N2O2-. The first-order valence-corrected chi connectivity index (χ1v) is 12.5. The molecule has 4 heteroatoms. The highest BCUT2D eigenvalue weighted by molar-refractivity contribution is 5.68. The molecule has 3 fully saturated rings. The second kappa shape index (κ2) is 7.87. The van der Waals surface area contributed by atoms with Crippen molar-refractivity contribution in [1.82, 2.24) is 9.80 Å². The first-order chi connectivity index (χ1) is 15.5. The van der Waals surface area contributed by atoms with E-state index >= 15 is 0 Å². The van der Waals surface area contributed by atoms with Gasteiger partial charge in [0.2, 0.25) is 0 Å². The molecule has 0 N–H and O–H groups in total. The minimum Gasteiger partial charge on any atom is -0.530 e. The number of rotatable bonds is 3. The van der Waals surface area contributed by atoms with E-state index in [1.54, 1.807) is 4.90 Å². The van der Waals surface area contributed by atoms with Gasteiger partial charge < -0.3 is 19.7 Å². The SMILES string of the molecule is CC(C)(C)c1ccc(-c2ccc3c(c2)CC(C)(C)[C@H]3N(C(=O)[O-])[C@@H]2CN3CCC2CC3)cc1. The first kappa shape index (κ1) is 22.5. The molecule has 6 rings (SSSR count). The summed E-state index contributed by atoms with van der Waals surface area (Å²) in [5.74, 6) is 0.452. The van der Waals surface area contributed by atoms with Crippen LogP contribution in [0.25, 0.3) is 11.1 Å². The molecule has 4 nitrogen and oxygen atoms in total. The van der Waals surface area contributed by atoms with Gasteiger partial charge in [0.15, 0.2) is 0 Å². The zero-order valence-corrected chi connectivity index (χ0v) is 20.7. The molecule has 2 aromatic rings. The Bertz CT molecular complexity index is 1040. The lowest BCUT2D eigenvalue weighted by atomic mass is 9.79. The molecule has 3 heterocycles. The molecule has 4 aliphatic rings. The minimum absolute atomic E-state index is 0.0392. The summed E-state index contributed by atoms with van der Waals surface area (Å²) in [6.07, 6.45) is 2.06. The Kier molecular flexibility index (Phi) is 5.36. The average Bonchev–Trinajstić information content (AvgIpc) is 3.03. The van der Waals surface area contributed by atoms with Crippen molar-refractivity contribution < 1.29 is 9.90 Å². The summed E-state index contributed by atoms with van der Waals surface area (Å²) in [5.41, 5.74) is 6.15. The summed E-state index contributed by atoms with van der Waals surface area (Å²) in [6, 6.07) is 15.4. The summed E-state index contributed by atoms with van der Waals surface area (Å²) in [4.78, 5) is 16.7. The molecule has 2 bridgehead atoms. The van der Waals surface area contributed by atoms with Crippen LogP contribution >= 0.6 is 0 Å². The van der Waals surface area contributed by atoms with Gasteiger partial charge in [0.25, 0.3) is 0 Å². The Morgan fingerprint density at radius 2 is 1.67 bits per heavy atom. The molecule has 176 valence electrons. The van der Waals surface area contributed by atoms with Gasteiger partial charge in [-0.3, -0.25) is 0 Å². The van der Waals surface area contributed by atoms with Gasteiger partial charge in [-0.1, -0.05) is 77.1 Å². The molecule has 33 heavy (non-hydrogen) atoms. The van der Waals surface area contributed by atoms with Crippen molar-refractivity contribution in [2.75, 3.05) is 19.6 Å². The molecule has 0 aromatic heterocycles. The first-order valence-electron chi connectivity index (χ1n) is 12.5. The maximum Gasteiger partial charge on any atom is 0.137 e. The normalized spacial score (nSPS) is 27.9. The fraction of sp³-hybridized carbons (Fsp3) is 0.552. The molecule has 0 radical (unpaired) electrons. The molecule has 3 saturated heterocycles. The number of carbonyl (C=O) groups is 1. The van der Waals surface area contributed by atoms with Gasteiger partial charge in [-0.15, -0.1) is 0 Å². The molecule has 0 saturated carbocycles. The Labute approximate surface area is 198 Å². The standard InChI is InChI=1S/C29H38N2O2/c1-28(2,3)23-9-6-19(7-10-23)21-8-11-24-22(16-21)17-29(4,5)26(24)31(27(32)33)25-18-30-14-12-20(25)13-15-30/h6-11,16,20,25-26H,12-15,17-18H2,1-5H3,(H,32,33)/p-1/t25-,26+/m1/s1. The Balaban J connectivity index is 1.49. The fourth-order valence-corrected chi connectivity index (χ4v) is 6.58. The molecule has 3 aliphatic heterocycles. The number of carbonyl (C=O) groups excluding carboxylic acids is 1.